The highest BCUT2D eigenvalue weighted by Crippen LogP contribution is 2.43. The fourth-order valence-corrected chi connectivity index (χ4v) is 3.64. The van der Waals surface area contributed by atoms with Gasteiger partial charge in [-0.2, -0.15) is 0 Å². The Morgan fingerprint density at radius 2 is 1.85 bits per heavy atom. The third-order valence-corrected chi connectivity index (χ3v) is 5.46. The zero-order chi connectivity index (χ0) is 18.8. The molecule has 0 fully saturated rings. The van der Waals surface area contributed by atoms with Gasteiger partial charge >= 0.3 is 5.97 Å². The van der Waals surface area contributed by atoms with Crippen molar-refractivity contribution in [2.24, 2.45) is 0 Å². The molecule has 1 aliphatic carbocycles. The Hall–Kier alpha value is -2.53. The number of rotatable bonds is 4. The highest BCUT2D eigenvalue weighted by atomic mass is 32.2. The van der Waals surface area contributed by atoms with Crippen LogP contribution in [0.2, 0.25) is 0 Å². The highest BCUT2D eigenvalue weighted by Gasteiger charge is 2.25. The summed E-state index contributed by atoms with van der Waals surface area (Å²) in [5, 5.41) is 0. The van der Waals surface area contributed by atoms with Crippen LogP contribution in [0.5, 0.6) is 0 Å². The number of hydrogen-bond donors (Lipinski definition) is 0. The molecule has 0 N–H and O–H groups in total. The van der Waals surface area contributed by atoms with Gasteiger partial charge in [0, 0.05) is 22.0 Å². The summed E-state index contributed by atoms with van der Waals surface area (Å²) in [6.07, 6.45) is 3.74. The van der Waals surface area contributed by atoms with Crippen LogP contribution in [0.4, 0.5) is 4.39 Å². The van der Waals surface area contributed by atoms with Crippen LogP contribution < -0.4 is 0 Å². The van der Waals surface area contributed by atoms with Crippen LogP contribution in [-0.2, 0) is 20.3 Å². The number of hydrogen-bond acceptors (Lipinski definition) is 3. The van der Waals surface area contributed by atoms with Crippen LogP contribution in [0.15, 0.2) is 52.9 Å². The predicted octanol–water partition coefficient (Wildman–Crippen LogP) is 4.45. The second-order valence-electron chi connectivity index (χ2n) is 6.13. The predicted molar refractivity (Wildman–Crippen MR) is 102 cm³/mol. The first-order valence-corrected chi connectivity index (χ1v) is 9.69. The van der Waals surface area contributed by atoms with Crippen LogP contribution in [0.1, 0.15) is 30.0 Å². The number of ether oxygens (including phenoxy) is 1. The van der Waals surface area contributed by atoms with Crippen molar-refractivity contribution in [1.29, 1.82) is 0 Å². The Morgan fingerprint density at radius 1 is 1.15 bits per heavy atom. The number of carbonyl (C=O) groups excluding carboxylic acids is 1. The van der Waals surface area contributed by atoms with E-state index in [2.05, 4.69) is 0 Å². The smallest absolute Gasteiger partial charge is 0.310 e. The summed E-state index contributed by atoms with van der Waals surface area (Å²) in [6.45, 7) is 1.93. The number of allylic oxidation sites excluding steroid dienone is 2. The molecule has 2 aromatic rings. The lowest BCUT2D eigenvalue weighted by molar-refractivity contribution is -0.139. The van der Waals surface area contributed by atoms with E-state index in [1.165, 1.54) is 19.2 Å². The molecule has 134 valence electrons. The first kappa shape index (κ1) is 18.3. The fraction of sp³-hybridized carbons (Fsp3) is 0.190. The van der Waals surface area contributed by atoms with Crippen molar-refractivity contribution in [1.82, 2.24) is 0 Å². The summed E-state index contributed by atoms with van der Waals surface area (Å²) in [5.74, 6) is -0.694. The maximum Gasteiger partial charge on any atom is 0.310 e. The van der Waals surface area contributed by atoms with E-state index in [9.17, 15) is 13.4 Å². The summed E-state index contributed by atoms with van der Waals surface area (Å²) < 4.78 is 30.1. The SMILES string of the molecule is COC(=O)CC1=C(C)/C(=C\c2ccc(S(C)=O)cc2)c2ccc(F)cc21. The second-order valence-corrected chi connectivity index (χ2v) is 7.51. The second kappa shape index (κ2) is 7.38. The highest BCUT2D eigenvalue weighted by molar-refractivity contribution is 7.84. The molecule has 2 aromatic carbocycles. The van der Waals surface area contributed by atoms with E-state index < -0.39 is 10.8 Å². The van der Waals surface area contributed by atoms with Crippen LogP contribution in [0, 0.1) is 5.82 Å². The quantitative estimate of drug-likeness (QED) is 0.747. The molecule has 3 nitrogen and oxygen atoms in total. The van der Waals surface area contributed by atoms with Crippen molar-refractivity contribution < 1.29 is 18.1 Å². The summed E-state index contributed by atoms with van der Waals surface area (Å²) in [7, 11) is 0.319. The largest absolute Gasteiger partial charge is 0.469 e. The molecule has 1 aliphatic rings. The summed E-state index contributed by atoms with van der Waals surface area (Å²) >= 11 is 0. The minimum absolute atomic E-state index is 0.101. The topological polar surface area (TPSA) is 43.4 Å². The minimum Gasteiger partial charge on any atom is -0.469 e. The van der Waals surface area contributed by atoms with Gasteiger partial charge in [0.15, 0.2) is 0 Å². The third-order valence-electron chi connectivity index (χ3n) is 4.53. The molecule has 0 saturated heterocycles. The van der Waals surface area contributed by atoms with Crippen molar-refractivity contribution in [3.8, 4) is 0 Å². The number of carbonyl (C=O) groups is 1. The van der Waals surface area contributed by atoms with Gasteiger partial charge in [0.1, 0.15) is 5.82 Å². The van der Waals surface area contributed by atoms with Crippen LogP contribution in [0.3, 0.4) is 0 Å². The number of esters is 1. The zero-order valence-electron chi connectivity index (χ0n) is 14.8. The molecule has 0 spiro atoms. The average molecular weight is 370 g/mol. The van der Waals surface area contributed by atoms with E-state index in [1.807, 2.05) is 37.3 Å². The van der Waals surface area contributed by atoms with Gasteiger partial charge < -0.3 is 4.74 Å². The van der Waals surface area contributed by atoms with Gasteiger partial charge in [-0.15, -0.1) is 0 Å². The van der Waals surface area contributed by atoms with E-state index in [0.29, 0.717) is 0 Å². The standard InChI is InChI=1S/C21H19FO3S/c1-13-18(10-14-4-7-16(8-5-14)26(3)24)17-9-6-15(22)11-20(17)19(13)12-21(23)25-2/h4-11H,12H2,1-3H3/b18-10+. The normalized spacial score (nSPS) is 15.9. The van der Waals surface area contributed by atoms with E-state index in [1.54, 1.807) is 12.3 Å². The lowest BCUT2D eigenvalue weighted by Crippen LogP contribution is -2.01. The fourth-order valence-electron chi connectivity index (χ4n) is 3.12. The average Bonchev–Trinajstić information content (AvgIpc) is 2.87. The number of halogens is 1. The molecule has 5 heteroatoms. The number of fused-ring (bicyclic) bond motifs is 1. The van der Waals surface area contributed by atoms with Crippen molar-refractivity contribution in [3.05, 3.63) is 70.5 Å². The molecule has 3 rings (SSSR count). The molecular formula is C21H19FO3S. The van der Waals surface area contributed by atoms with Crippen molar-refractivity contribution in [2.75, 3.05) is 13.4 Å². The van der Waals surface area contributed by atoms with Crippen LogP contribution in [-0.4, -0.2) is 23.5 Å². The zero-order valence-corrected chi connectivity index (χ0v) is 15.7. The molecule has 0 amide bonds. The summed E-state index contributed by atoms with van der Waals surface area (Å²) in [5.41, 5.74) is 5.23. The molecule has 0 bridgehead atoms. The van der Waals surface area contributed by atoms with Gasteiger partial charge in [-0.3, -0.25) is 9.00 Å². The summed E-state index contributed by atoms with van der Waals surface area (Å²) in [4.78, 5) is 12.5. The Labute approximate surface area is 154 Å². The van der Waals surface area contributed by atoms with E-state index in [-0.39, 0.29) is 18.2 Å². The van der Waals surface area contributed by atoms with Crippen molar-refractivity contribution >= 4 is 34.0 Å². The molecule has 0 radical (unpaired) electrons. The molecule has 0 saturated carbocycles. The lowest BCUT2D eigenvalue weighted by Gasteiger charge is -2.05. The van der Waals surface area contributed by atoms with Gasteiger partial charge in [-0.1, -0.05) is 18.2 Å². The Morgan fingerprint density at radius 3 is 2.46 bits per heavy atom. The molecule has 0 aliphatic heterocycles. The van der Waals surface area contributed by atoms with Crippen LogP contribution in [0.25, 0.3) is 17.2 Å². The third kappa shape index (κ3) is 3.53. The molecule has 26 heavy (non-hydrogen) atoms. The van der Waals surface area contributed by atoms with Gasteiger partial charge in [0.2, 0.25) is 0 Å². The van der Waals surface area contributed by atoms with Crippen molar-refractivity contribution in [2.45, 2.75) is 18.2 Å². The molecule has 1 atom stereocenters. The molecule has 0 aromatic heterocycles. The van der Waals surface area contributed by atoms with E-state index >= 15 is 0 Å². The molecule has 0 heterocycles. The van der Waals surface area contributed by atoms with E-state index in [0.717, 1.165) is 38.3 Å². The molecular weight excluding hydrogens is 351 g/mol. The maximum absolute atomic E-state index is 13.8. The Balaban J connectivity index is 2.08. The monoisotopic (exact) mass is 370 g/mol. The molecule has 1 unspecified atom stereocenters. The number of benzene rings is 2. The van der Waals surface area contributed by atoms with Gasteiger partial charge in [0.05, 0.1) is 13.5 Å². The van der Waals surface area contributed by atoms with Gasteiger partial charge in [-0.05, 0) is 70.7 Å². The Kier molecular flexibility index (Phi) is 5.18. The van der Waals surface area contributed by atoms with Crippen LogP contribution >= 0.6 is 0 Å². The maximum atomic E-state index is 13.8. The van der Waals surface area contributed by atoms with Gasteiger partial charge in [-0.25, -0.2) is 4.39 Å². The van der Waals surface area contributed by atoms with E-state index in [4.69, 9.17) is 4.74 Å². The first-order valence-electron chi connectivity index (χ1n) is 8.13. The summed E-state index contributed by atoms with van der Waals surface area (Å²) in [6, 6.07) is 12.1. The van der Waals surface area contributed by atoms with Gasteiger partial charge in [0.25, 0.3) is 0 Å². The number of methoxy groups -OCH3 is 1. The minimum atomic E-state index is -1.02. The first-order chi connectivity index (χ1) is 12.4. The Bertz CT molecular complexity index is 956. The lowest BCUT2D eigenvalue weighted by atomic mass is 10.0. The van der Waals surface area contributed by atoms with Crippen molar-refractivity contribution in [3.63, 3.8) is 0 Å².